The number of anilines is 2. The Balaban J connectivity index is 1.19. The molecule has 0 spiro atoms. The molecule has 9 aromatic rings. The van der Waals surface area contributed by atoms with Crippen molar-refractivity contribution in [1.82, 2.24) is 4.57 Å². The van der Waals surface area contributed by atoms with Crippen molar-refractivity contribution in [3.63, 3.8) is 0 Å². The predicted octanol–water partition coefficient (Wildman–Crippen LogP) is 12.5. The average Bonchev–Trinajstić information content (AvgIpc) is 3.63. The van der Waals surface area contributed by atoms with Gasteiger partial charge in [-0.15, -0.1) is 0 Å². The molecule has 0 bridgehead atoms. The first kappa shape index (κ1) is 36.2. The Hall–Kier alpha value is -7.20. The lowest BCUT2D eigenvalue weighted by molar-refractivity contribution is 1.18. The van der Waals surface area contributed by atoms with Gasteiger partial charge in [0.15, 0.2) is 8.07 Å². The van der Waals surface area contributed by atoms with Gasteiger partial charge in [0.1, 0.15) is 0 Å². The summed E-state index contributed by atoms with van der Waals surface area (Å²) in [7, 11) is -2.95. The number of aromatic nitrogens is 1. The van der Waals surface area contributed by atoms with Gasteiger partial charge < -0.3 is 9.88 Å². The second-order valence-electron chi connectivity index (χ2n) is 15.4. The van der Waals surface area contributed by atoms with Gasteiger partial charge in [-0.25, -0.2) is 0 Å². The minimum Gasteiger partial charge on any atom is -0.355 e. The maximum Gasteiger partial charge on any atom is 0.179 e. The number of rotatable bonds is 9. The van der Waals surface area contributed by atoms with Crippen LogP contribution in [0.2, 0.25) is 0 Å². The van der Waals surface area contributed by atoms with Crippen LogP contribution < -0.4 is 20.9 Å². The topological polar surface area (TPSA) is 17.0 Å². The van der Waals surface area contributed by atoms with E-state index in [1.165, 1.54) is 70.4 Å². The zero-order valence-electron chi connectivity index (χ0n) is 33.1. The van der Waals surface area contributed by atoms with Gasteiger partial charge in [-0.2, -0.15) is 0 Å². The summed E-state index contributed by atoms with van der Waals surface area (Å²) in [4.78, 5) is 0. The number of nitrogens with one attached hydrogen (secondary N) is 1. The van der Waals surface area contributed by atoms with Crippen molar-refractivity contribution in [3.8, 4) is 16.8 Å². The SMILES string of the molecule is C=C1CC=C([Si](c2ccccc2)(c2ccccc2)c2cccc(-c3ccccc3Nc3ccccc3)c2C)C=C1c1ccc2c(c1)c1ccccc1n2-c1ccccc1. The molecule has 0 aliphatic heterocycles. The van der Waals surface area contributed by atoms with E-state index in [9.17, 15) is 0 Å². The van der Waals surface area contributed by atoms with Crippen molar-refractivity contribution >= 4 is 62.4 Å². The monoisotopic (exact) mass is 772 g/mol. The maximum absolute atomic E-state index is 4.71. The van der Waals surface area contributed by atoms with E-state index in [4.69, 9.17) is 6.58 Å². The van der Waals surface area contributed by atoms with Crippen molar-refractivity contribution in [2.24, 2.45) is 0 Å². The lowest BCUT2D eigenvalue weighted by Gasteiger charge is -2.38. The Bertz CT molecular complexity index is 3010. The van der Waals surface area contributed by atoms with Crippen LogP contribution in [0.1, 0.15) is 17.5 Å². The molecule has 1 aliphatic rings. The third-order valence-corrected chi connectivity index (χ3v) is 17.1. The Morgan fingerprint density at radius 2 is 1.14 bits per heavy atom. The van der Waals surface area contributed by atoms with Crippen LogP contribution in [0, 0.1) is 6.92 Å². The zero-order chi connectivity index (χ0) is 39.8. The summed E-state index contributed by atoms with van der Waals surface area (Å²) in [5, 5.41) is 11.7. The van der Waals surface area contributed by atoms with Gasteiger partial charge in [0.25, 0.3) is 0 Å². The summed E-state index contributed by atoms with van der Waals surface area (Å²) < 4.78 is 2.38. The van der Waals surface area contributed by atoms with Crippen molar-refractivity contribution < 1.29 is 0 Å². The molecule has 0 unspecified atom stereocenters. The third kappa shape index (κ3) is 6.28. The summed E-state index contributed by atoms with van der Waals surface area (Å²) in [6.45, 7) is 7.04. The second kappa shape index (κ2) is 15.3. The van der Waals surface area contributed by atoms with Crippen LogP contribution in [0.4, 0.5) is 11.4 Å². The van der Waals surface area contributed by atoms with Crippen LogP contribution in [-0.4, -0.2) is 12.6 Å². The number of nitrogens with zero attached hydrogens (tertiary/aromatic N) is 1. The quantitative estimate of drug-likeness (QED) is 0.114. The first-order chi connectivity index (χ1) is 29.1. The van der Waals surface area contributed by atoms with Crippen molar-refractivity contribution in [2.45, 2.75) is 13.3 Å². The lowest BCUT2D eigenvalue weighted by Crippen LogP contribution is -2.69. The highest BCUT2D eigenvalue weighted by Gasteiger charge is 2.44. The maximum atomic E-state index is 4.71. The third-order valence-electron chi connectivity index (χ3n) is 12.1. The molecule has 0 fully saturated rings. The molecule has 3 heteroatoms. The van der Waals surface area contributed by atoms with Gasteiger partial charge in [0.2, 0.25) is 0 Å². The summed E-state index contributed by atoms with van der Waals surface area (Å²) in [6, 6.07) is 75.1. The summed E-state index contributed by atoms with van der Waals surface area (Å²) >= 11 is 0. The number of allylic oxidation sites excluding steroid dienone is 5. The molecule has 0 atom stereocenters. The largest absolute Gasteiger partial charge is 0.355 e. The van der Waals surface area contributed by atoms with Crippen LogP contribution in [0.3, 0.4) is 0 Å². The van der Waals surface area contributed by atoms with Gasteiger partial charge in [0.05, 0.1) is 11.0 Å². The Labute approximate surface area is 347 Å². The van der Waals surface area contributed by atoms with Crippen molar-refractivity contribution in [2.75, 3.05) is 5.32 Å². The Morgan fingerprint density at radius 3 is 1.86 bits per heavy atom. The van der Waals surface area contributed by atoms with Crippen LogP contribution >= 0.6 is 0 Å². The first-order valence-electron chi connectivity index (χ1n) is 20.4. The normalized spacial score (nSPS) is 13.0. The molecule has 1 aromatic heterocycles. The van der Waals surface area contributed by atoms with Crippen LogP contribution in [0.25, 0.3) is 44.2 Å². The minimum atomic E-state index is -2.95. The molecule has 0 radical (unpaired) electrons. The molecular formula is C56H44N2Si. The molecule has 0 amide bonds. The van der Waals surface area contributed by atoms with Gasteiger partial charge in [-0.05, 0) is 110 Å². The number of benzene rings is 8. The van der Waals surface area contributed by atoms with E-state index in [2.05, 4.69) is 235 Å². The lowest BCUT2D eigenvalue weighted by atomic mass is 9.92. The average molecular weight is 773 g/mol. The first-order valence-corrected chi connectivity index (χ1v) is 22.4. The fourth-order valence-electron chi connectivity index (χ4n) is 9.38. The molecule has 2 nitrogen and oxygen atoms in total. The fourth-order valence-corrected chi connectivity index (χ4v) is 14.5. The van der Waals surface area contributed by atoms with E-state index in [0.717, 1.165) is 29.1 Å². The predicted molar refractivity (Wildman–Crippen MR) is 254 cm³/mol. The smallest absolute Gasteiger partial charge is 0.179 e. The number of para-hydroxylation sites is 4. The standard InChI is InChI=1S/C56H44N2Si/c1-40-34-36-47(39-51(40)42-35-37-55-52(38-42)50-29-16-18-32-54(50)58(55)44-22-9-4-10-23-44)59(45-24-11-5-12-25-45,46-26-13-6-14-27-46)56-33-19-30-48(41(56)2)49-28-15-17-31-53(49)57-43-20-7-3-8-21-43/h3-33,35-39,57H,1,34H2,2H3. The summed E-state index contributed by atoms with van der Waals surface area (Å²) in [6.07, 6.45) is 5.75. The molecule has 1 heterocycles. The van der Waals surface area contributed by atoms with Gasteiger partial charge >= 0.3 is 0 Å². The van der Waals surface area contributed by atoms with Crippen LogP contribution in [0.5, 0.6) is 0 Å². The van der Waals surface area contributed by atoms with Crippen LogP contribution in [-0.2, 0) is 0 Å². The highest BCUT2D eigenvalue weighted by Crippen LogP contribution is 2.39. The number of hydrogen-bond donors (Lipinski definition) is 1. The van der Waals surface area contributed by atoms with E-state index in [-0.39, 0.29) is 0 Å². The zero-order valence-corrected chi connectivity index (χ0v) is 34.1. The molecule has 10 rings (SSSR count). The summed E-state index contributed by atoms with van der Waals surface area (Å²) in [5.74, 6) is 0. The molecule has 282 valence electrons. The van der Waals surface area contributed by atoms with Crippen molar-refractivity contribution in [3.05, 3.63) is 247 Å². The molecule has 1 N–H and O–H groups in total. The van der Waals surface area contributed by atoms with Gasteiger partial charge in [0, 0.05) is 33.4 Å². The Kier molecular flexibility index (Phi) is 9.36. The number of fused-ring (bicyclic) bond motifs is 3. The Morgan fingerprint density at radius 1 is 0.542 bits per heavy atom. The van der Waals surface area contributed by atoms with Gasteiger partial charge in [-0.1, -0.05) is 176 Å². The molecular weight excluding hydrogens is 729 g/mol. The molecule has 0 saturated heterocycles. The summed E-state index contributed by atoms with van der Waals surface area (Å²) in [5.41, 5.74) is 13.0. The molecule has 1 aliphatic carbocycles. The van der Waals surface area contributed by atoms with Gasteiger partial charge in [-0.3, -0.25) is 0 Å². The minimum absolute atomic E-state index is 0.780. The number of hydrogen-bond acceptors (Lipinski definition) is 1. The highest BCUT2D eigenvalue weighted by molar-refractivity contribution is 7.16. The van der Waals surface area contributed by atoms with E-state index < -0.39 is 8.07 Å². The van der Waals surface area contributed by atoms with E-state index >= 15 is 0 Å². The molecule has 0 saturated carbocycles. The van der Waals surface area contributed by atoms with Crippen LogP contribution in [0.15, 0.2) is 236 Å². The van der Waals surface area contributed by atoms with E-state index in [0.29, 0.717) is 0 Å². The van der Waals surface area contributed by atoms with Crippen molar-refractivity contribution in [1.29, 1.82) is 0 Å². The second-order valence-corrected chi connectivity index (χ2v) is 19.2. The van der Waals surface area contributed by atoms with E-state index in [1.54, 1.807) is 0 Å². The molecule has 59 heavy (non-hydrogen) atoms. The highest BCUT2D eigenvalue weighted by atomic mass is 28.3. The molecule has 8 aromatic carbocycles. The van der Waals surface area contributed by atoms with E-state index in [1.807, 2.05) is 0 Å². The fraction of sp³-hybridized carbons (Fsp3) is 0.0357.